The van der Waals surface area contributed by atoms with E-state index in [4.69, 9.17) is 18.9 Å². The lowest BCUT2D eigenvalue weighted by Crippen LogP contribution is -2.08. The van der Waals surface area contributed by atoms with Crippen LogP contribution in [0.1, 0.15) is 60.2 Å². The van der Waals surface area contributed by atoms with Crippen LogP contribution in [0.25, 0.3) is 0 Å². The van der Waals surface area contributed by atoms with Gasteiger partial charge in [-0.3, -0.25) is 4.79 Å². The molecule has 0 radical (unpaired) electrons. The zero-order chi connectivity index (χ0) is 21.6. The monoisotopic (exact) mass is 400 g/mol. The van der Waals surface area contributed by atoms with E-state index in [1.54, 1.807) is 27.2 Å². The van der Waals surface area contributed by atoms with Gasteiger partial charge in [0.05, 0.1) is 27.4 Å². The highest BCUT2D eigenvalue weighted by atomic mass is 16.5. The maximum atomic E-state index is 11.7. The summed E-state index contributed by atoms with van der Waals surface area (Å²) in [4.78, 5) is 11.7. The van der Waals surface area contributed by atoms with Crippen molar-refractivity contribution in [3.05, 3.63) is 46.5 Å². The predicted molar refractivity (Wildman–Crippen MR) is 115 cm³/mol. The van der Waals surface area contributed by atoms with Crippen molar-refractivity contribution in [3.63, 3.8) is 0 Å². The smallest absolute Gasteiger partial charge is 0.161 e. The maximum absolute atomic E-state index is 11.7. The molecule has 29 heavy (non-hydrogen) atoms. The molecule has 0 heterocycles. The highest BCUT2D eigenvalue weighted by molar-refractivity contribution is 5.96. The van der Waals surface area contributed by atoms with Crippen LogP contribution in [0.2, 0.25) is 0 Å². The molecule has 0 N–H and O–H groups in total. The first-order chi connectivity index (χ1) is 13.8. The topological polar surface area (TPSA) is 54.0 Å². The van der Waals surface area contributed by atoms with Crippen LogP contribution in [-0.4, -0.2) is 33.2 Å². The number of hydrogen-bond donors (Lipinski definition) is 0. The van der Waals surface area contributed by atoms with E-state index in [9.17, 15) is 4.79 Å². The summed E-state index contributed by atoms with van der Waals surface area (Å²) >= 11 is 0. The molecule has 0 saturated heterocycles. The molecule has 2 aromatic carbocycles. The molecule has 0 saturated carbocycles. The van der Waals surface area contributed by atoms with Gasteiger partial charge < -0.3 is 18.9 Å². The molecule has 0 aliphatic heterocycles. The van der Waals surface area contributed by atoms with Gasteiger partial charge in [0.15, 0.2) is 28.8 Å². The Bertz CT molecular complexity index is 855. The zero-order valence-electron chi connectivity index (χ0n) is 18.5. The van der Waals surface area contributed by atoms with E-state index in [2.05, 4.69) is 26.8 Å². The minimum absolute atomic E-state index is 0.00793. The first-order valence-corrected chi connectivity index (χ1v) is 9.92. The van der Waals surface area contributed by atoms with E-state index in [0.29, 0.717) is 42.6 Å². The van der Waals surface area contributed by atoms with Crippen molar-refractivity contribution in [1.82, 2.24) is 0 Å². The first kappa shape index (κ1) is 22.6. The van der Waals surface area contributed by atoms with Crippen molar-refractivity contribution in [2.45, 2.75) is 47.0 Å². The average molecular weight is 401 g/mol. The maximum Gasteiger partial charge on any atom is 0.161 e. The summed E-state index contributed by atoms with van der Waals surface area (Å²) in [5, 5.41) is 0. The van der Waals surface area contributed by atoms with Gasteiger partial charge in [0, 0.05) is 12.0 Å². The van der Waals surface area contributed by atoms with Crippen LogP contribution in [0.15, 0.2) is 24.3 Å². The number of Topliss-reactive ketones (excluding diaryl/α,β-unsaturated/α-hetero) is 1. The number of ketones is 1. The molecule has 158 valence electrons. The summed E-state index contributed by atoms with van der Waals surface area (Å²) in [6, 6.07) is 7.65. The van der Waals surface area contributed by atoms with E-state index in [1.165, 1.54) is 11.1 Å². The molecular formula is C24H32O5. The third-order valence-corrected chi connectivity index (χ3v) is 4.87. The standard InChI is InChI=1S/C24H32O5/c1-15(2)19-13-24(21(26-6)11-16(19)3)29-10-8-9-28-23-12-17(4)20(18(5)25)14-22(23)27-7/h11-15H,8-10H2,1-7H3. The summed E-state index contributed by atoms with van der Waals surface area (Å²) in [6.07, 6.45) is 0.699. The van der Waals surface area contributed by atoms with E-state index in [-0.39, 0.29) is 5.78 Å². The molecule has 0 bridgehead atoms. The molecule has 0 aliphatic carbocycles. The molecular weight excluding hydrogens is 368 g/mol. The minimum Gasteiger partial charge on any atom is -0.493 e. The second-order valence-corrected chi connectivity index (χ2v) is 7.44. The van der Waals surface area contributed by atoms with Gasteiger partial charge in [-0.2, -0.15) is 0 Å². The molecule has 0 aromatic heterocycles. The molecule has 0 spiro atoms. The number of carbonyl (C=O) groups is 1. The highest BCUT2D eigenvalue weighted by Gasteiger charge is 2.13. The number of carbonyl (C=O) groups excluding carboxylic acids is 1. The van der Waals surface area contributed by atoms with Crippen LogP contribution in [0.5, 0.6) is 23.0 Å². The van der Waals surface area contributed by atoms with Crippen molar-refractivity contribution >= 4 is 5.78 Å². The van der Waals surface area contributed by atoms with Crippen LogP contribution in [-0.2, 0) is 0 Å². The molecule has 0 fully saturated rings. The fourth-order valence-corrected chi connectivity index (χ4v) is 3.31. The second kappa shape index (κ2) is 10.2. The Morgan fingerprint density at radius 2 is 1.34 bits per heavy atom. The Morgan fingerprint density at radius 3 is 1.86 bits per heavy atom. The number of rotatable bonds is 10. The Labute approximate surface area is 173 Å². The van der Waals surface area contributed by atoms with Crippen LogP contribution < -0.4 is 18.9 Å². The van der Waals surface area contributed by atoms with Gasteiger partial charge >= 0.3 is 0 Å². The van der Waals surface area contributed by atoms with Crippen LogP contribution in [0.4, 0.5) is 0 Å². The van der Waals surface area contributed by atoms with E-state index in [0.717, 1.165) is 17.1 Å². The third-order valence-electron chi connectivity index (χ3n) is 4.87. The number of methoxy groups -OCH3 is 2. The SMILES string of the molecule is COc1cc(C(C)=O)c(C)cc1OCCCOc1cc(C(C)C)c(C)cc1OC. The number of aryl methyl sites for hydroxylation is 2. The predicted octanol–water partition coefficient (Wildman–Crippen LogP) is 5.49. The van der Waals surface area contributed by atoms with Gasteiger partial charge in [-0.1, -0.05) is 13.8 Å². The average Bonchev–Trinajstić information content (AvgIpc) is 2.67. The van der Waals surface area contributed by atoms with Crippen LogP contribution >= 0.6 is 0 Å². The fourth-order valence-electron chi connectivity index (χ4n) is 3.31. The van der Waals surface area contributed by atoms with Crippen LogP contribution in [0.3, 0.4) is 0 Å². The summed E-state index contributed by atoms with van der Waals surface area (Å²) in [6.45, 7) is 10.8. The van der Waals surface area contributed by atoms with Gasteiger partial charge in [-0.15, -0.1) is 0 Å². The van der Waals surface area contributed by atoms with Gasteiger partial charge in [-0.05, 0) is 67.6 Å². The lowest BCUT2D eigenvalue weighted by atomic mass is 9.97. The van der Waals surface area contributed by atoms with Gasteiger partial charge in [0.1, 0.15) is 0 Å². The largest absolute Gasteiger partial charge is 0.493 e. The molecule has 0 aliphatic rings. The van der Waals surface area contributed by atoms with Crippen molar-refractivity contribution in [1.29, 1.82) is 0 Å². The minimum atomic E-state index is 0.00793. The van der Waals surface area contributed by atoms with Gasteiger partial charge in [0.2, 0.25) is 0 Å². The summed E-state index contributed by atoms with van der Waals surface area (Å²) < 4.78 is 22.7. The number of ether oxygens (including phenoxy) is 4. The lowest BCUT2D eigenvalue weighted by molar-refractivity contribution is 0.101. The van der Waals surface area contributed by atoms with Gasteiger partial charge in [-0.25, -0.2) is 0 Å². The zero-order valence-corrected chi connectivity index (χ0v) is 18.5. The Hall–Kier alpha value is -2.69. The molecule has 2 aromatic rings. The van der Waals surface area contributed by atoms with E-state index >= 15 is 0 Å². The fraction of sp³-hybridized carbons (Fsp3) is 0.458. The molecule has 5 heteroatoms. The lowest BCUT2D eigenvalue weighted by Gasteiger charge is -2.17. The van der Waals surface area contributed by atoms with Gasteiger partial charge in [0.25, 0.3) is 0 Å². The summed E-state index contributed by atoms with van der Waals surface area (Å²) in [7, 11) is 3.22. The second-order valence-electron chi connectivity index (χ2n) is 7.44. The third kappa shape index (κ3) is 5.66. The Kier molecular flexibility index (Phi) is 7.94. The quantitative estimate of drug-likeness (QED) is 0.390. The normalized spacial score (nSPS) is 10.8. The number of hydrogen-bond acceptors (Lipinski definition) is 5. The van der Waals surface area contributed by atoms with E-state index in [1.807, 2.05) is 19.1 Å². The van der Waals surface area contributed by atoms with Crippen molar-refractivity contribution in [2.75, 3.05) is 27.4 Å². The Morgan fingerprint density at radius 1 is 0.828 bits per heavy atom. The number of benzene rings is 2. The molecule has 0 amide bonds. The van der Waals surface area contributed by atoms with Crippen molar-refractivity contribution in [3.8, 4) is 23.0 Å². The molecule has 5 nitrogen and oxygen atoms in total. The Balaban J connectivity index is 1.98. The van der Waals surface area contributed by atoms with E-state index < -0.39 is 0 Å². The molecule has 0 atom stereocenters. The van der Waals surface area contributed by atoms with Crippen LogP contribution in [0, 0.1) is 13.8 Å². The summed E-state index contributed by atoms with van der Waals surface area (Å²) in [5.74, 6) is 3.10. The highest BCUT2D eigenvalue weighted by Crippen LogP contribution is 2.34. The first-order valence-electron chi connectivity index (χ1n) is 9.92. The summed E-state index contributed by atoms with van der Waals surface area (Å²) in [5.41, 5.74) is 3.96. The molecule has 0 unspecified atom stereocenters. The van der Waals surface area contributed by atoms with Crippen molar-refractivity contribution < 1.29 is 23.7 Å². The van der Waals surface area contributed by atoms with Crippen molar-refractivity contribution in [2.24, 2.45) is 0 Å². The molecule has 2 rings (SSSR count).